The van der Waals surface area contributed by atoms with Crippen molar-refractivity contribution in [2.45, 2.75) is 45.2 Å². The van der Waals surface area contributed by atoms with Crippen LogP contribution >= 0.6 is 0 Å². The van der Waals surface area contributed by atoms with Crippen LogP contribution in [0.15, 0.2) is 54.9 Å². The lowest BCUT2D eigenvalue weighted by molar-refractivity contribution is 0.317. The van der Waals surface area contributed by atoms with Crippen molar-refractivity contribution in [2.75, 3.05) is 25.1 Å². The monoisotopic (exact) mass is 429 g/mol. The molecule has 0 aliphatic carbocycles. The number of imidazole rings is 1. The average Bonchev–Trinajstić information content (AvgIpc) is 3.21. The normalized spacial score (nSPS) is 15.6. The number of ether oxygens (including phenoxy) is 1. The van der Waals surface area contributed by atoms with Crippen molar-refractivity contribution in [3.63, 3.8) is 0 Å². The fourth-order valence-corrected chi connectivity index (χ4v) is 4.69. The molecule has 5 rings (SSSR count). The highest BCUT2D eigenvalue weighted by Gasteiger charge is 2.24. The van der Waals surface area contributed by atoms with Crippen LogP contribution in [0.25, 0.3) is 27.8 Å². The van der Waals surface area contributed by atoms with Gasteiger partial charge in [-0.25, -0.2) is 9.97 Å². The van der Waals surface area contributed by atoms with Crippen LogP contribution in [0.1, 0.15) is 33.6 Å². The predicted octanol–water partition coefficient (Wildman–Crippen LogP) is 4.94. The van der Waals surface area contributed by atoms with Crippen LogP contribution in [0.4, 0.5) is 5.69 Å². The van der Waals surface area contributed by atoms with Crippen LogP contribution in [0, 0.1) is 0 Å². The Balaban J connectivity index is 1.47. The summed E-state index contributed by atoms with van der Waals surface area (Å²) in [6.45, 7) is 8.79. The molecule has 3 heterocycles. The largest absolute Gasteiger partial charge is 0.497 e. The predicted molar refractivity (Wildman–Crippen MR) is 131 cm³/mol. The minimum atomic E-state index is 0.153. The summed E-state index contributed by atoms with van der Waals surface area (Å²) in [5.41, 5.74) is 4.32. The van der Waals surface area contributed by atoms with Gasteiger partial charge in [0, 0.05) is 36.1 Å². The number of nitrogens with one attached hydrogen (secondary N) is 1. The van der Waals surface area contributed by atoms with Crippen molar-refractivity contribution in [2.24, 2.45) is 0 Å². The van der Waals surface area contributed by atoms with E-state index < -0.39 is 0 Å². The topological polar surface area (TPSA) is 55.2 Å². The van der Waals surface area contributed by atoms with Crippen molar-refractivity contribution in [1.82, 2.24) is 19.9 Å². The van der Waals surface area contributed by atoms with Gasteiger partial charge in [-0.2, -0.15) is 0 Å². The van der Waals surface area contributed by atoms with Gasteiger partial charge in [0.2, 0.25) is 0 Å². The maximum Gasteiger partial charge on any atom is 0.139 e. The summed E-state index contributed by atoms with van der Waals surface area (Å²) >= 11 is 0. The Kier molecular flexibility index (Phi) is 5.25. The summed E-state index contributed by atoms with van der Waals surface area (Å²) in [5.74, 6) is 1.68. The zero-order valence-corrected chi connectivity index (χ0v) is 19.3. The number of nitrogens with zero attached hydrogens (tertiary/aromatic N) is 4. The molecular formula is C26H31N5O. The van der Waals surface area contributed by atoms with Crippen LogP contribution in [0.5, 0.6) is 5.75 Å². The number of piperidine rings is 1. The molecule has 1 aliphatic rings. The Labute approximate surface area is 189 Å². The van der Waals surface area contributed by atoms with E-state index in [0.717, 1.165) is 59.4 Å². The van der Waals surface area contributed by atoms with Gasteiger partial charge in [0.1, 0.15) is 17.9 Å². The minimum Gasteiger partial charge on any atom is -0.497 e. The maximum absolute atomic E-state index is 5.34. The average molecular weight is 430 g/mol. The van der Waals surface area contributed by atoms with E-state index in [1.807, 2.05) is 29.1 Å². The Morgan fingerprint density at radius 2 is 1.84 bits per heavy atom. The molecule has 0 atom stereocenters. The van der Waals surface area contributed by atoms with Gasteiger partial charge in [0.05, 0.1) is 29.3 Å². The third-order valence-corrected chi connectivity index (χ3v) is 6.16. The summed E-state index contributed by atoms with van der Waals surface area (Å²) in [4.78, 5) is 12.1. The fourth-order valence-electron chi connectivity index (χ4n) is 4.69. The first-order valence-electron chi connectivity index (χ1n) is 11.4. The first kappa shape index (κ1) is 20.8. The summed E-state index contributed by atoms with van der Waals surface area (Å²) in [5, 5.41) is 4.92. The highest BCUT2D eigenvalue weighted by atomic mass is 16.5. The number of benzene rings is 2. The van der Waals surface area contributed by atoms with E-state index in [1.165, 1.54) is 5.69 Å². The van der Waals surface area contributed by atoms with Gasteiger partial charge in [0.15, 0.2) is 0 Å². The fraction of sp³-hybridized carbons (Fsp3) is 0.385. The minimum absolute atomic E-state index is 0.153. The standard InChI is InChI=1S/C26H31N5O/c1-26(2,3)29-19-12-14-30(15-13-19)23-7-5-6-18-8-11-24(28-25(18)23)31-17-27-21-16-20(32-4)9-10-22(21)31/h5-11,16-17,19,29H,12-15H2,1-4H3. The zero-order chi connectivity index (χ0) is 22.3. The number of fused-ring (bicyclic) bond motifs is 2. The number of para-hydroxylation sites is 1. The van der Waals surface area contributed by atoms with Gasteiger partial charge in [-0.15, -0.1) is 0 Å². The van der Waals surface area contributed by atoms with Gasteiger partial charge in [-0.3, -0.25) is 4.57 Å². The van der Waals surface area contributed by atoms with Crippen LogP contribution < -0.4 is 15.0 Å². The van der Waals surface area contributed by atoms with Gasteiger partial charge >= 0.3 is 0 Å². The summed E-state index contributed by atoms with van der Waals surface area (Å²) in [6.07, 6.45) is 4.12. The van der Waals surface area contributed by atoms with E-state index in [-0.39, 0.29) is 5.54 Å². The SMILES string of the molecule is COc1ccc2c(c1)ncn2-c1ccc2cccc(N3CCC(NC(C)(C)C)CC3)c2n1. The van der Waals surface area contributed by atoms with Crippen molar-refractivity contribution in [1.29, 1.82) is 0 Å². The van der Waals surface area contributed by atoms with Crippen molar-refractivity contribution >= 4 is 27.6 Å². The van der Waals surface area contributed by atoms with Crippen LogP contribution in [-0.4, -0.2) is 46.3 Å². The molecule has 4 aromatic rings. The van der Waals surface area contributed by atoms with Crippen molar-refractivity contribution in [3.05, 3.63) is 54.9 Å². The molecule has 0 bridgehead atoms. The molecule has 0 saturated carbocycles. The molecule has 1 saturated heterocycles. The molecule has 1 fully saturated rings. The van der Waals surface area contributed by atoms with Crippen LogP contribution in [0.3, 0.4) is 0 Å². The van der Waals surface area contributed by atoms with E-state index in [4.69, 9.17) is 9.72 Å². The number of rotatable bonds is 4. The van der Waals surface area contributed by atoms with Gasteiger partial charge in [-0.1, -0.05) is 12.1 Å². The molecule has 6 nitrogen and oxygen atoms in total. The van der Waals surface area contributed by atoms with E-state index in [9.17, 15) is 0 Å². The van der Waals surface area contributed by atoms with Crippen LogP contribution in [-0.2, 0) is 0 Å². The zero-order valence-electron chi connectivity index (χ0n) is 19.3. The van der Waals surface area contributed by atoms with E-state index in [0.29, 0.717) is 6.04 Å². The number of pyridine rings is 1. The molecule has 0 unspecified atom stereocenters. The Hall–Kier alpha value is -3.12. The molecule has 0 amide bonds. The Morgan fingerprint density at radius 1 is 1.03 bits per heavy atom. The number of anilines is 1. The highest BCUT2D eigenvalue weighted by Crippen LogP contribution is 2.30. The molecule has 32 heavy (non-hydrogen) atoms. The lowest BCUT2D eigenvalue weighted by Crippen LogP contribution is -2.49. The first-order chi connectivity index (χ1) is 15.4. The number of methoxy groups -OCH3 is 1. The maximum atomic E-state index is 5.34. The Bertz CT molecular complexity index is 1250. The Morgan fingerprint density at radius 3 is 2.59 bits per heavy atom. The number of hydrogen-bond donors (Lipinski definition) is 1. The lowest BCUT2D eigenvalue weighted by Gasteiger charge is -2.37. The van der Waals surface area contributed by atoms with Crippen LogP contribution in [0.2, 0.25) is 0 Å². The molecule has 0 spiro atoms. The van der Waals surface area contributed by atoms with E-state index in [2.05, 4.69) is 66.3 Å². The molecule has 166 valence electrons. The highest BCUT2D eigenvalue weighted by molar-refractivity contribution is 5.92. The molecular weight excluding hydrogens is 398 g/mol. The van der Waals surface area contributed by atoms with Crippen molar-refractivity contribution < 1.29 is 4.74 Å². The molecule has 2 aromatic carbocycles. The van der Waals surface area contributed by atoms with E-state index in [1.54, 1.807) is 7.11 Å². The molecule has 0 radical (unpaired) electrons. The van der Waals surface area contributed by atoms with Crippen molar-refractivity contribution in [3.8, 4) is 11.6 Å². The number of hydrogen-bond acceptors (Lipinski definition) is 5. The number of aromatic nitrogens is 3. The third kappa shape index (κ3) is 4.02. The smallest absolute Gasteiger partial charge is 0.139 e. The van der Waals surface area contributed by atoms with Gasteiger partial charge < -0.3 is 15.0 Å². The van der Waals surface area contributed by atoms with E-state index >= 15 is 0 Å². The first-order valence-corrected chi connectivity index (χ1v) is 11.4. The summed E-state index contributed by atoms with van der Waals surface area (Å²) < 4.78 is 7.38. The summed E-state index contributed by atoms with van der Waals surface area (Å²) in [7, 11) is 1.67. The molecule has 1 N–H and O–H groups in total. The third-order valence-electron chi connectivity index (χ3n) is 6.16. The quantitative estimate of drug-likeness (QED) is 0.498. The molecule has 2 aromatic heterocycles. The summed E-state index contributed by atoms with van der Waals surface area (Å²) in [6, 6.07) is 17.2. The van der Waals surface area contributed by atoms with Gasteiger partial charge in [0.25, 0.3) is 0 Å². The molecule has 6 heteroatoms. The molecule has 1 aliphatic heterocycles. The second-order valence-electron chi connectivity index (χ2n) is 9.64. The second kappa shape index (κ2) is 8.10. The lowest BCUT2D eigenvalue weighted by atomic mass is 9.99. The van der Waals surface area contributed by atoms with Gasteiger partial charge in [-0.05, 0) is 63.9 Å². The second-order valence-corrected chi connectivity index (χ2v) is 9.64.